The minimum Gasteiger partial charge on any atom is -0.465 e. The van der Waals surface area contributed by atoms with Crippen molar-refractivity contribution in [1.29, 1.82) is 0 Å². The third kappa shape index (κ3) is 1.69. The summed E-state index contributed by atoms with van der Waals surface area (Å²) < 4.78 is 0. The van der Waals surface area contributed by atoms with Gasteiger partial charge < -0.3 is 5.11 Å². The van der Waals surface area contributed by atoms with Crippen LogP contribution in [0.1, 0.15) is 19.8 Å². The summed E-state index contributed by atoms with van der Waals surface area (Å²) in [4.78, 5) is 22.5. The molecule has 0 aromatic heterocycles. The Bertz CT molecular complexity index is 190. The molecule has 4 heteroatoms. The number of Topliss-reactive ketones (excluding diaryl/α,β-unsaturated/α-hetero) is 1. The van der Waals surface area contributed by atoms with Gasteiger partial charge in [0, 0.05) is 12.5 Å². The summed E-state index contributed by atoms with van der Waals surface area (Å²) >= 11 is 0. The zero-order valence-electron chi connectivity index (χ0n) is 6.41. The molecule has 1 fully saturated rings. The molecule has 1 unspecified atom stereocenters. The van der Waals surface area contributed by atoms with Gasteiger partial charge in [-0.1, -0.05) is 0 Å². The third-order valence-electron chi connectivity index (χ3n) is 1.97. The van der Waals surface area contributed by atoms with E-state index >= 15 is 0 Å². The molecule has 62 valence electrons. The molecule has 0 aromatic carbocycles. The SMILES string of the molecule is CC1CCC(=O)CN1C(=O)O. The van der Waals surface area contributed by atoms with Crippen LogP contribution in [0.15, 0.2) is 0 Å². The molecule has 1 saturated heterocycles. The second-order valence-electron chi connectivity index (χ2n) is 2.84. The van der Waals surface area contributed by atoms with E-state index in [-0.39, 0.29) is 18.4 Å². The number of piperidine rings is 1. The molecule has 1 aliphatic rings. The molecule has 0 aromatic rings. The molecule has 1 amide bonds. The lowest BCUT2D eigenvalue weighted by Gasteiger charge is -2.29. The fourth-order valence-corrected chi connectivity index (χ4v) is 1.21. The summed E-state index contributed by atoms with van der Waals surface area (Å²) in [5.41, 5.74) is 0. The van der Waals surface area contributed by atoms with Crippen LogP contribution in [0.4, 0.5) is 4.79 Å². The average molecular weight is 157 g/mol. The van der Waals surface area contributed by atoms with Gasteiger partial charge in [0.25, 0.3) is 0 Å². The standard InChI is InChI=1S/C7H11NO3/c1-5-2-3-6(9)4-8(5)7(10)11/h5H,2-4H2,1H3,(H,10,11). The Kier molecular flexibility index (Phi) is 2.12. The highest BCUT2D eigenvalue weighted by Crippen LogP contribution is 2.13. The predicted molar refractivity (Wildman–Crippen MR) is 38.4 cm³/mol. The van der Waals surface area contributed by atoms with Crippen molar-refractivity contribution in [2.45, 2.75) is 25.8 Å². The molecule has 1 heterocycles. The van der Waals surface area contributed by atoms with Crippen molar-refractivity contribution >= 4 is 11.9 Å². The molecule has 0 saturated carbocycles. The van der Waals surface area contributed by atoms with Crippen LogP contribution in [-0.4, -0.2) is 34.5 Å². The Morgan fingerprint density at radius 2 is 2.36 bits per heavy atom. The van der Waals surface area contributed by atoms with Crippen LogP contribution in [0.2, 0.25) is 0 Å². The molecule has 4 nitrogen and oxygen atoms in total. The Hall–Kier alpha value is -1.06. The van der Waals surface area contributed by atoms with Gasteiger partial charge in [0.05, 0.1) is 6.54 Å². The lowest BCUT2D eigenvalue weighted by Crippen LogP contribution is -2.45. The number of carboxylic acid groups (broad SMARTS) is 1. The monoisotopic (exact) mass is 157 g/mol. The number of ketones is 1. The van der Waals surface area contributed by atoms with Crippen LogP contribution in [0.5, 0.6) is 0 Å². The lowest BCUT2D eigenvalue weighted by atomic mass is 10.0. The van der Waals surface area contributed by atoms with Crippen LogP contribution in [0.25, 0.3) is 0 Å². The van der Waals surface area contributed by atoms with Crippen molar-refractivity contribution in [3.8, 4) is 0 Å². The van der Waals surface area contributed by atoms with Gasteiger partial charge >= 0.3 is 6.09 Å². The first-order valence-corrected chi connectivity index (χ1v) is 3.62. The molecular formula is C7H11NO3. The fourth-order valence-electron chi connectivity index (χ4n) is 1.21. The third-order valence-corrected chi connectivity index (χ3v) is 1.97. The van der Waals surface area contributed by atoms with E-state index in [1.807, 2.05) is 6.92 Å². The summed E-state index contributed by atoms with van der Waals surface area (Å²) in [5, 5.41) is 8.60. The number of carbonyl (C=O) groups is 2. The second kappa shape index (κ2) is 2.90. The van der Waals surface area contributed by atoms with Gasteiger partial charge in [-0.05, 0) is 13.3 Å². The average Bonchev–Trinajstić information content (AvgIpc) is 1.94. The highest BCUT2D eigenvalue weighted by Gasteiger charge is 2.26. The maximum atomic E-state index is 10.8. The number of likely N-dealkylation sites (tertiary alicyclic amines) is 1. The molecule has 1 N–H and O–H groups in total. The minimum absolute atomic E-state index is 0.00907. The van der Waals surface area contributed by atoms with Gasteiger partial charge in [0.1, 0.15) is 0 Å². The molecule has 1 rings (SSSR count). The van der Waals surface area contributed by atoms with Gasteiger partial charge in [0.15, 0.2) is 5.78 Å². The van der Waals surface area contributed by atoms with Crippen LogP contribution >= 0.6 is 0 Å². The van der Waals surface area contributed by atoms with Gasteiger partial charge in [-0.3, -0.25) is 9.69 Å². The van der Waals surface area contributed by atoms with E-state index in [1.54, 1.807) is 0 Å². The first kappa shape index (κ1) is 8.04. The van der Waals surface area contributed by atoms with Gasteiger partial charge in [0.2, 0.25) is 0 Å². The van der Waals surface area contributed by atoms with Crippen molar-refractivity contribution in [1.82, 2.24) is 4.90 Å². The second-order valence-corrected chi connectivity index (χ2v) is 2.84. The van der Waals surface area contributed by atoms with Crippen LogP contribution in [0.3, 0.4) is 0 Å². The Labute approximate surface area is 64.8 Å². The largest absolute Gasteiger partial charge is 0.465 e. The Balaban J connectivity index is 2.61. The van der Waals surface area contributed by atoms with E-state index in [2.05, 4.69) is 0 Å². The highest BCUT2D eigenvalue weighted by atomic mass is 16.4. The van der Waals surface area contributed by atoms with Crippen molar-refractivity contribution in [3.05, 3.63) is 0 Å². The minimum atomic E-state index is -0.995. The molecule has 0 aliphatic carbocycles. The molecule has 0 radical (unpaired) electrons. The molecule has 1 aliphatic heterocycles. The number of nitrogens with zero attached hydrogens (tertiary/aromatic N) is 1. The van der Waals surface area contributed by atoms with E-state index in [0.29, 0.717) is 12.8 Å². The number of rotatable bonds is 0. The van der Waals surface area contributed by atoms with Crippen LogP contribution < -0.4 is 0 Å². The maximum Gasteiger partial charge on any atom is 0.407 e. The van der Waals surface area contributed by atoms with Gasteiger partial charge in [-0.2, -0.15) is 0 Å². The van der Waals surface area contributed by atoms with Gasteiger partial charge in [-0.25, -0.2) is 4.79 Å². The smallest absolute Gasteiger partial charge is 0.407 e. The summed E-state index contributed by atoms with van der Waals surface area (Å²) in [6.07, 6.45) is 0.182. The first-order chi connectivity index (χ1) is 5.11. The van der Waals surface area contributed by atoms with Crippen molar-refractivity contribution < 1.29 is 14.7 Å². The summed E-state index contributed by atoms with van der Waals surface area (Å²) in [5.74, 6) is 0.0190. The lowest BCUT2D eigenvalue weighted by molar-refractivity contribution is -0.122. The molecule has 1 atom stereocenters. The summed E-state index contributed by atoms with van der Waals surface area (Å²) in [6, 6.07) is -0.00907. The number of hydrogen-bond acceptors (Lipinski definition) is 2. The topological polar surface area (TPSA) is 57.6 Å². The quantitative estimate of drug-likeness (QED) is 0.563. The number of carbonyl (C=O) groups excluding carboxylic acids is 1. The van der Waals surface area contributed by atoms with E-state index in [4.69, 9.17) is 5.11 Å². The molecular weight excluding hydrogens is 146 g/mol. The zero-order valence-corrected chi connectivity index (χ0v) is 6.41. The first-order valence-electron chi connectivity index (χ1n) is 3.62. The zero-order chi connectivity index (χ0) is 8.43. The van der Waals surface area contributed by atoms with E-state index in [1.165, 1.54) is 4.90 Å². The normalized spacial score (nSPS) is 25.4. The molecule has 0 spiro atoms. The Morgan fingerprint density at radius 3 is 2.82 bits per heavy atom. The number of hydrogen-bond donors (Lipinski definition) is 1. The molecule has 11 heavy (non-hydrogen) atoms. The van der Waals surface area contributed by atoms with Crippen molar-refractivity contribution in [3.63, 3.8) is 0 Å². The fraction of sp³-hybridized carbons (Fsp3) is 0.714. The van der Waals surface area contributed by atoms with E-state index in [0.717, 1.165) is 0 Å². The van der Waals surface area contributed by atoms with E-state index in [9.17, 15) is 9.59 Å². The van der Waals surface area contributed by atoms with Crippen LogP contribution in [0, 0.1) is 0 Å². The summed E-state index contributed by atoms with van der Waals surface area (Å²) in [7, 11) is 0. The highest BCUT2D eigenvalue weighted by molar-refractivity contribution is 5.84. The van der Waals surface area contributed by atoms with Gasteiger partial charge in [-0.15, -0.1) is 0 Å². The number of amides is 1. The van der Waals surface area contributed by atoms with Crippen molar-refractivity contribution in [2.75, 3.05) is 6.54 Å². The Morgan fingerprint density at radius 1 is 1.73 bits per heavy atom. The van der Waals surface area contributed by atoms with Crippen molar-refractivity contribution in [2.24, 2.45) is 0 Å². The van der Waals surface area contributed by atoms with Crippen LogP contribution in [-0.2, 0) is 4.79 Å². The molecule has 0 bridgehead atoms. The predicted octanol–water partition coefficient (Wildman–Crippen LogP) is 0.718. The van der Waals surface area contributed by atoms with E-state index < -0.39 is 6.09 Å². The maximum absolute atomic E-state index is 10.8. The summed E-state index contributed by atoms with van der Waals surface area (Å²) in [6.45, 7) is 1.89.